The van der Waals surface area contributed by atoms with E-state index in [4.69, 9.17) is 9.97 Å². The number of carbonyl (C=O) groups is 1. The van der Waals surface area contributed by atoms with E-state index in [0.717, 1.165) is 63.4 Å². The second-order valence-electron chi connectivity index (χ2n) is 8.49. The Labute approximate surface area is 171 Å². The molecule has 4 heterocycles. The first kappa shape index (κ1) is 18.5. The van der Waals surface area contributed by atoms with Gasteiger partial charge in [-0.05, 0) is 51.9 Å². The van der Waals surface area contributed by atoms with Crippen molar-refractivity contribution in [2.75, 3.05) is 31.1 Å². The van der Waals surface area contributed by atoms with Crippen LogP contribution in [0, 0.1) is 6.92 Å². The Kier molecular flexibility index (Phi) is 4.89. The van der Waals surface area contributed by atoms with Crippen molar-refractivity contribution in [1.82, 2.24) is 24.8 Å². The molecule has 0 atom stereocenters. The Morgan fingerprint density at radius 3 is 2.48 bits per heavy atom. The summed E-state index contributed by atoms with van der Waals surface area (Å²) in [6, 6.07) is 0. The Morgan fingerprint density at radius 2 is 1.76 bits per heavy atom. The molecule has 29 heavy (non-hydrogen) atoms. The maximum absolute atomic E-state index is 12.7. The SMILES string of the molecule is Cc1cnc(C(=O)N2CCC(c3nc4c(c(N5CCCC5)n3)CCC4)CC2)cn1. The number of hydrogen-bond acceptors (Lipinski definition) is 6. The van der Waals surface area contributed by atoms with Crippen LogP contribution in [0.5, 0.6) is 0 Å². The van der Waals surface area contributed by atoms with Gasteiger partial charge in [0.1, 0.15) is 17.3 Å². The lowest BCUT2D eigenvalue weighted by atomic mass is 9.95. The largest absolute Gasteiger partial charge is 0.356 e. The monoisotopic (exact) mass is 392 g/mol. The molecule has 1 amide bonds. The van der Waals surface area contributed by atoms with Gasteiger partial charge in [0.15, 0.2) is 0 Å². The van der Waals surface area contributed by atoms with Crippen molar-refractivity contribution in [2.24, 2.45) is 0 Å². The van der Waals surface area contributed by atoms with Gasteiger partial charge in [-0.25, -0.2) is 15.0 Å². The van der Waals surface area contributed by atoms with E-state index in [1.54, 1.807) is 12.4 Å². The van der Waals surface area contributed by atoms with E-state index in [0.29, 0.717) is 11.6 Å². The first-order valence-electron chi connectivity index (χ1n) is 10.9. The van der Waals surface area contributed by atoms with Gasteiger partial charge in [0.05, 0.1) is 11.9 Å². The number of rotatable bonds is 3. The molecule has 0 aromatic carbocycles. The highest BCUT2D eigenvalue weighted by molar-refractivity contribution is 5.92. The van der Waals surface area contributed by atoms with Crippen LogP contribution in [-0.2, 0) is 12.8 Å². The highest BCUT2D eigenvalue weighted by Crippen LogP contribution is 2.34. The quantitative estimate of drug-likeness (QED) is 0.799. The van der Waals surface area contributed by atoms with E-state index in [9.17, 15) is 4.79 Å². The minimum Gasteiger partial charge on any atom is -0.356 e. The number of fused-ring (bicyclic) bond motifs is 1. The molecule has 1 aliphatic carbocycles. The average Bonchev–Trinajstić information content (AvgIpc) is 3.45. The molecule has 0 spiro atoms. The average molecular weight is 393 g/mol. The molecule has 3 aliphatic rings. The highest BCUT2D eigenvalue weighted by Gasteiger charge is 2.30. The van der Waals surface area contributed by atoms with Crippen LogP contribution in [0.4, 0.5) is 5.82 Å². The Morgan fingerprint density at radius 1 is 0.966 bits per heavy atom. The van der Waals surface area contributed by atoms with E-state index in [2.05, 4.69) is 14.9 Å². The molecule has 7 nitrogen and oxygen atoms in total. The molecule has 0 radical (unpaired) electrons. The zero-order chi connectivity index (χ0) is 19.8. The second kappa shape index (κ2) is 7.69. The van der Waals surface area contributed by atoms with Gasteiger partial charge >= 0.3 is 0 Å². The standard InChI is InChI=1S/C22H28N6O/c1-15-13-24-19(14-23-15)22(29)28-11-7-16(8-12-28)20-25-18-6-4-5-17(18)21(26-20)27-9-2-3-10-27/h13-14,16H,2-12H2,1H3. The predicted octanol–water partition coefficient (Wildman–Crippen LogP) is 2.68. The van der Waals surface area contributed by atoms with Gasteiger partial charge in [-0.1, -0.05) is 0 Å². The van der Waals surface area contributed by atoms with Gasteiger partial charge in [0, 0.05) is 49.6 Å². The Balaban J connectivity index is 1.31. The van der Waals surface area contributed by atoms with Crippen LogP contribution in [0.25, 0.3) is 0 Å². The van der Waals surface area contributed by atoms with Crippen molar-refractivity contribution >= 4 is 11.7 Å². The van der Waals surface area contributed by atoms with Crippen molar-refractivity contribution in [3.8, 4) is 0 Å². The molecule has 0 bridgehead atoms. The summed E-state index contributed by atoms with van der Waals surface area (Å²) >= 11 is 0. The fourth-order valence-electron chi connectivity index (χ4n) is 4.81. The molecular weight excluding hydrogens is 364 g/mol. The molecule has 0 N–H and O–H groups in total. The molecule has 2 fully saturated rings. The van der Waals surface area contributed by atoms with Crippen LogP contribution in [0.3, 0.4) is 0 Å². The number of aromatic nitrogens is 4. The maximum atomic E-state index is 12.7. The minimum absolute atomic E-state index is 0.0245. The van der Waals surface area contributed by atoms with Crippen molar-refractivity contribution in [2.45, 2.75) is 57.8 Å². The molecule has 2 aromatic rings. The van der Waals surface area contributed by atoms with Gasteiger partial charge in [-0.2, -0.15) is 0 Å². The van der Waals surface area contributed by atoms with Gasteiger partial charge in [-0.15, -0.1) is 0 Å². The van der Waals surface area contributed by atoms with Crippen LogP contribution in [0.1, 0.15) is 71.3 Å². The van der Waals surface area contributed by atoms with E-state index in [1.165, 1.54) is 36.3 Å². The number of nitrogens with zero attached hydrogens (tertiary/aromatic N) is 6. The Hall–Kier alpha value is -2.57. The van der Waals surface area contributed by atoms with Crippen LogP contribution in [-0.4, -0.2) is 56.9 Å². The summed E-state index contributed by atoms with van der Waals surface area (Å²) in [5.74, 6) is 2.50. The molecule has 2 aliphatic heterocycles. The lowest BCUT2D eigenvalue weighted by molar-refractivity contribution is 0.0704. The number of anilines is 1. The normalized spacial score (nSPS) is 19.6. The van der Waals surface area contributed by atoms with Crippen LogP contribution >= 0.6 is 0 Å². The zero-order valence-corrected chi connectivity index (χ0v) is 17.1. The summed E-state index contributed by atoms with van der Waals surface area (Å²) in [5.41, 5.74) is 3.91. The van der Waals surface area contributed by atoms with Crippen molar-refractivity contribution in [3.05, 3.63) is 40.9 Å². The summed E-state index contributed by atoms with van der Waals surface area (Å²) in [6.45, 7) is 5.55. The summed E-state index contributed by atoms with van der Waals surface area (Å²) in [6.07, 6.45) is 11.0. The number of likely N-dealkylation sites (tertiary alicyclic amines) is 1. The smallest absolute Gasteiger partial charge is 0.274 e. The fourth-order valence-corrected chi connectivity index (χ4v) is 4.81. The summed E-state index contributed by atoms with van der Waals surface area (Å²) in [4.78, 5) is 35.6. The molecular formula is C22H28N6O. The predicted molar refractivity (Wildman–Crippen MR) is 110 cm³/mol. The number of hydrogen-bond donors (Lipinski definition) is 0. The van der Waals surface area contributed by atoms with Crippen LogP contribution < -0.4 is 4.90 Å². The first-order valence-corrected chi connectivity index (χ1v) is 10.9. The van der Waals surface area contributed by atoms with E-state index >= 15 is 0 Å². The first-order chi connectivity index (χ1) is 14.2. The zero-order valence-electron chi connectivity index (χ0n) is 17.1. The van der Waals surface area contributed by atoms with Crippen molar-refractivity contribution in [3.63, 3.8) is 0 Å². The van der Waals surface area contributed by atoms with Gasteiger partial charge < -0.3 is 9.80 Å². The minimum atomic E-state index is -0.0245. The lowest BCUT2D eigenvalue weighted by Crippen LogP contribution is -2.38. The van der Waals surface area contributed by atoms with Gasteiger partial charge in [-0.3, -0.25) is 9.78 Å². The molecule has 2 saturated heterocycles. The van der Waals surface area contributed by atoms with Gasteiger partial charge in [0.25, 0.3) is 5.91 Å². The number of carbonyl (C=O) groups excluding carboxylic acids is 1. The van der Waals surface area contributed by atoms with Gasteiger partial charge in [0.2, 0.25) is 0 Å². The van der Waals surface area contributed by atoms with E-state index < -0.39 is 0 Å². The summed E-state index contributed by atoms with van der Waals surface area (Å²) in [7, 11) is 0. The highest BCUT2D eigenvalue weighted by atomic mass is 16.2. The Bertz CT molecular complexity index is 898. The summed E-state index contributed by atoms with van der Waals surface area (Å²) in [5, 5.41) is 0. The molecule has 2 aromatic heterocycles. The molecule has 0 unspecified atom stereocenters. The fraction of sp³-hybridized carbons (Fsp3) is 0.591. The van der Waals surface area contributed by atoms with E-state index in [-0.39, 0.29) is 5.91 Å². The number of amides is 1. The third-order valence-corrected chi connectivity index (χ3v) is 6.48. The number of piperidine rings is 1. The van der Waals surface area contributed by atoms with Crippen LogP contribution in [0.2, 0.25) is 0 Å². The molecule has 7 heteroatoms. The molecule has 5 rings (SSSR count). The third-order valence-electron chi connectivity index (χ3n) is 6.48. The molecule has 0 saturated carbocycles. The molecule has 152 valence electrons. The van der Waals surface area contributed by atoms with Crippen LogP contribution in [0.15, 0.2) is 12.4 Å². The van der Waals surface area contributed by atoms with Crippen molar-refractivity contribution < 1.29 is 4.79 Å². The third kappa shape index (κ3) is 3.58. The summed E-state index contributed by atoms with van der Waals surface area (Å²) < 4.78 is 0. The lowest BCUT2D eigenvalue weighted by Gasteiger charge is -2.31. The van der Waals surface area contributed by atoms with E-state index in [1.807, 2.05) is 11.8 Å². The number of aryl methyl sites for hydroxylation is 2. The van der Waals surface area contributed by atoms with Crippen molar-refractivity contribution in [1.29, 1.82) is 0 Å². The topological polar surface area (TPSA) is 75.1 Å². The maximum Gasteiger partial charge on any atom is 0.274 e. The second-order valence-corrected chi connectivity index (χ2v) is 8.49.